The third kappa shape index (κ3) is 5.35. The minimum Gasteiger partial charge on any atom is -0.354 e. The van der Waals surface area contributed by atoms with Crippen LogP contribution in [-0.2, 0) is 9.59 Å². The number of rotatable bonds is 5. The van der Waals surface area contributed by atoms with Gasteiger partial charge in [0.25, 0.3) is 0 Å². The minimum atomic E-state index is -1.05. The van der Waals surface area contributed by atoms with Crippen LogP contribution in [0.1, 0.15) is 34.1 Å². The van der Waals surface area contributed by atoms with Crippen molar-refractivity contribution in [2.45, 2.75) is 40.2 Å². The van der Waals surface area contributed by atoms with Crippen molar-refractivity contribution in [3.05, 3.63) is 0 Å². The van der Waals surface area contributed by atoms with Crippen LogP contribution < -0.4 is 10.6 Å². The molecule has 0 heterocycles. The van der Waals surface area contributed by atoms with E-state index < -0.39 is 5.41 Å². The van der Waals surface area contributed by atoms with Gasteiger partial charge < -0.3 is 10.6 Å². The maximum atomic E-state index is 11.4. The van der Waals surface area contributed by atoms with Gasteiger partial charge in [-0.15, -0.1) is 0 Å². The lowest BCUT2D eigenvalue weighted by Gasteiger charge is -2.15. The van der Waals surface area contributed by atoms with Crippen LogP contribution in [-0.4, -0.2) is 24.4 Å². The van der Waals surface area contributed by atoms with Gasteiger partial charge in [0.15, 0.2) is 0 Å². The molecule has 0 spiro atoms. The van der Waals surface area contributed by atoms with E-state index >= 15 is 0 Å². The normalized spacial score (nSPS) is 10.8. The van der Waals surface area contributed by atoms with Crippen molar-refractivity contribution in [3.63, 3.8) is 0 Å². The van der Waals surface area contributed by atoms with Gasteiger partial charge in [0.2, 0.25) is 11.8 Å². The number of carbonyl (C=O) groups excluding carboxylic acids is 2. The number of nitrogens with one attached hydrogen (secondary N) is 2. The lowest BCUT2D eigenvalue weighted by molar-refractivity contribution is -0.127. The molecule has 0 aliphatic rings. The summed E-state index contributed by atoms with van der Waals surface area (Å²) >= 11 is 0. The number of nitriles is 1. The Balaban J connectivity index is 3.89. The fraction of sp³-hybridized carbons (Fsp3) is 0.727. The fourth-order valence-electron chi connectivity index (χ4n) is 0.955. The maximum Gasteiger partial charge on any atom is 0.239 e. The first-order valence-corrected chi connectivity index (χ1v) is 5.28. The second-order valence-corrected chi connectivity index (χ2v) is 4.46. The highest BCUT2D eigenvalue weighted by Crippen LogP contribution is 2.12. The molecular formula is C11H19N3O2. The lowest BCUT2D eigenvalue weighted by Crippen LogP contribution is -2.39. The van der Waals surface area contributed by atoms with Crippen molar-refractivity contribution < 1.29 is 9.59 Å². The molecule has 0 unspecified atom stereocenters. The van der Waals surface area contributed by atoms with E-state index in [-0.39, 0.29) is 30.8 Å². The highest BCUT2D eigenvalue weighted by molar-refractivity contribution is 5.85. The molecule has 0 aromatic carbocycles. The summed E-state index contributed by atoms with van der Waals surface area (Å²) in [7, 11) is 0. The molecule has 0 saturated carbocycles. The van der Waals surface area contributed by atoms with Crippen LogP contribution in [0, 0.1) is 16.7 Å². The van der Waals surface area contributed by atoms with Crippen LogP contribution in [0.15, 0.2) is 0 Å². The van der Waals surface area contributed by atoms with Gasteiger partial charge in [-0.1, -0.05) is 0 Å². The summed E-state index contributed by atoms with van der Waals surface area (Å²) < 4.78 is 0. The number of nitrogens with zero attached hydrogens (tertiary/aromatic N) is 1. The van der Waals surface area contributed by atoms with Gasteiger partial charge in [-0.3, -0.25) is 9.59 Å². The summed E-state index contributed by atoms with van der Waals surface area (Å²) in [6.07, 6.45) is 0.228. The van der Waals surface area contributed by atoms with E-state index in [2.05, 4.69) is 10.6 Å². The van der Waals surface area contributed by atoms with Crippen LogP contribution in [0.2, 0.25) is 0 Å². The molecule has 2 N–H and O–H groups in total. The average molecular weight is 225 g/mol. The summed E-state index contributed by atoms with van der Waals surface area (Å²) in [5, 5.41) is 14.0. The molecule has 5 nitrogen and oxygen atoms in total. The summed E-state index contributed by atoms with van der Waals surface area (Å²) in [6, 6.07) is 1.99. The Morgan fingerprint density at radius 2 is 1.94 bits per heavy atom. The molecule has 0 radical (unpaired) electrons. The first kappa shape index (κ1) is 14.4. The van der Waals surface area contributed by atoms with Gasteiger partial charge in [-0.2, -0.15) is 5.26 Å². The smallest absolute Gasteiger partial charge is 0.239 e. The third-order valence-corrected chi connectivity index (χ3v) is 1.93. The molecule has 0 aliphatic heterocycles. The maximum absolute atomic E-state index is 11.4. The Morgan fingerprint density at radius 3 is 2.38 bits per heavy atom. The average Bonchev–Trinajstić information content (AvgIpc) is 2.16. The highest BCUT2D eigenvalue weighted by Gasteiger charge is 2.26. The Kier molecular flexibility index (Phi) is 5.51. The van der Waals surface area contributed by atoms with Crippen LogP contribution in [0.3, 0.4) is 0 Å². The lowest BCUT2D eigenvalue weighted by atomic mass is 9.95. The molecule has 0 aliphatic carbocycles. The van der Waals surface area contributed by atoms with E-state index in [1.165, 1.54) is 13.8 Å². The van der Waals surface area contributed by atoms with Crippen molar-refractivity contribution in [1.82, 2.24) is 10.6 Å². The molecule has 0 bridgehead atoms. The molecule has 0 aromatic rings. The topological polar surface area (TPSA) is 82.0 Å². The predicted molar refractivity (Wildman–Crippen MR) is 60.3 cm³/mol. The second kappa shape index (κ2) is 6.11. The molecule has 2 amide bonds. The van der Waals surface area contributed by atoms with E-state index in [0.29, 0.717) is 0 Å². The fourth-order valence-corrected chi connectivity index (χ4v) is 0.955. The summed E-state index contributed by atoms with van der Waals surface area (Å²) in [5.74, 6) is -0.461. The van der Waals surface area contributed by atoms with Crippen LogP contribution in [0.25, 0.3) is 0 Å². The number of hydrogen-bond acceptors (Lipinski definition) is 3. The molecule has 0 atom stereocenters. The molecule has 5 heteroatoms. The van der Waals surface area contributed by atoms with Crippen LogP contribution in [0.4, 0.5) is 0 Å². The molecule has 0 saturated heterocycles. The zero-order valence-electron chi connectivity index (χ0n) is 10.3. The Labute approximate surface area is 96.2 Å². The zero-order chi connectivity index (χ0) is 12.8. The van der Waals surface area contributed by atoms with Gasteiger partial charge in [-0.25, -0.2) is 0 Å². The van der Waals surface area contributed by atoms with E-state index in [1.807, 2.05) is 19.9 Å². The zero-order valence-corrected chi connectivity index (χ0v) is 10.3. The summed E-state index contributed by atoms with van der Waals surface area (Å²) in [4.78, 5) is 22.7. The summed E-state index contributed by atoms with van der Waals surface area (Å²) in [6.45, 7) is 7.07. The van der Waals surface area contributed by atoms with E-state index in [4.69, 9.17) is 5.26 Å². The highest BCUT2D eigenvalue weighted by atomic mass is 16.2. The van der Waals surface area contributed by atoms with E-state index in [1.54, 1.807) is 0 Å². The van der Waals surface area contributed by atoms with Gasteiger partial charge in [-0.05, 0) is 27.7 Å². The molecule has 0 aromatic heterocycles. The molecular weight excluding hydrogens is 206 g/mol. The van der Waals surface area contributed by atoms with E-state index in [9.17, 15) is 9.59 Å². The van der Waals surface area contributed by atoms with Crippen LogP contribution in [0.5, 0.6) is 0 Å². The minimum absolute atomic E-state index is 0.0961. The number of hydrogen-bond donors (Lipinski definition) is 2. The monoisotopic (exact) mass is 225 g/mol. The van der Waals surface area contributed by atoms with Crippen molar-refractivity contribution in [2.75, 3.05) is 6.54 Å². The Hall–Kier alpha value is -1.57. The van der Waals surface area contributed by atoms with Crippen molar-refractivity contribution >= 4 is 11.8 Å². The van der Waals surface area contributed by atoms with Gasteiger partial charge in [0.05, 0.1) is 6.07 Å². The van der Waals surface area contributed by atoms with Crippen molar-refractivity contribution in [3.8, 4) is 6.07 Å². The Morgan fingerprint density at radius 1 is 1.38 bits per heavy atom. The van der Waals surface area contributed by atoms with E-state index in [0.717, 1.165) is 0 Å². The Bertz CT molecular complexity index is 303. The van der Waals surface area contributed by atoms with Crippen molar-refractivity contribution in [2.24, 2.45) is 5.41 Å². The quantitative estimate of drug-likeness (QED) is 0.717. The number of carbonyl (C=O) groups is 2. The SMILES string of the molecule is CC(C)NC(=O)CCNC(=O)C(C)(C)C#N. The van der Waals surface area contributed by atoms with Crippen LogP contribution >= 0.6 is 0 Å². The number of amides is 2. The predicted octanol–water partition coefficient (Wildman–Crippen LogP) is 0.567. The second-order valence-electron chi connectivity index (χ2n) is 4.46. The van der Waals surface area contributed by atoms with Gasteiger partial charge in [0, 0.05) is 19.0 Å². The van der Waals surface area contributed by atoms with Gasteiger partial charge in [0.1, 0.15) is 5.41 Å². The largest absolute Gasteiger partial charge is 0.354 e. The molecule has 90 valence electrons. The van der Waals surface area contributed by atoms with Gasteiger partial charge >= 0.3 is 0 Å². The molecule has 0 rings (SSSR count). The first-order chi connectivity index (χ1) is 7.29. The van der Waals surface area contributed by atoms with Crippen molar-refractivity contribution in [1.29, 1.82) is 5.26 Å². The molecule has 16 heavy (non-hydrogen) atoms. The summed E-state index contributed by atoms with van der Waals surface area (Å²) in [5.41, 5.74) is -1.05. The third-order valence-electron chi connectivity index (χ3n) is 1.93. The standard InChI is InChI=1S/C11H19N3O2/c1-8(2)14-9(15)5-6-13-10(16)11(3,4)7-12/h8H,5-6H2,1-4H3,(H,13,16)(H,14,15). The molecule has 0 fully saturated rings. The first-order valence-electron chi connectivity index (χ1n) is 5.28.